The molecule has 0 saturated carbocycles. The summed E-state index contributed by atoms with van der Waals surface area (Å²) in [7, 11) is 1.64. The zero-order valence-corrected chi connectivity index (χ0v) is 17.5. The monoisotopic (exact) mass is 416 g/mol. The van der Waals surface area contributed by atoms with Gasteiger partial charge in [0, 0.05) is 37.8 Å². The smallest absolute Gasteiger partial charge is 0.351 e. The van der Waals surface area contributed by atoms with E-state index in [1.54, 1.807) is 27.2 Å². The van der Waals surface area contributed by atoms with Crippen LogP contribution in [-0.4, -0.2) is 37.4 Å². The number of carbonyl (C=O) groups excluding carboxylic acids is 1. The van der Waals surface area contributed by atoms with Crippen LogP contribution in [0.25, 0.3) is 11.8 Å². The van der Waals surface area contributed by atoms with E-state index >= 15 is 0 Å². The maximum absolute atomic E-state index is 12.7. The van der Waals surface area contributed by atoms with Crippen molar-refractivity contribution in [1.82, 2.24) is 4.57 Å². The maximum atomic E-state index is 12.7. The fraction of sp³-hybridized carbons (Fsp3) is 0.350. The lowest BCUT2D eigenvalue weighted by Crippen LogP contribution is -2.32. The molecule has 2 rings (SSSR count). The molecule has 2 aromatic rings. The van der Waals surface area contributed by atoms with Crippen LogP contribution in [0.4, 0.5) is 11.4 Å². The molecule has 0 aliphatic heterocycles. The quantitative estimate of drug-likeness (QED) is 0.465. The number of hydrogen-bond donors (Lipinski definition) is 2. The number of thiazole rings is 1. The summed E-state index contributed by atoms with van der Waals surface area (Å²) in [6.45, 7) is 5.21. The number of methoxy groups -OCH3 is 1. The highest BCUT2D eigenvalue weighted by atomic mass is 32.1. The fourth-order valence-electron chi connectivity index (χ4n) is 2.54. The van der Waals surface area contributed by atoms with Gasteiger partial charge < -0.3 is 20.1 Å². The summed E-state index contributed by atoms with van der Waals surface area (Å²) in [5.74, 6) is -0.729. The highest BCUT2D eigenvalue weighted by Gasteiger charge is 2.16. The van der Waals surface area contributed by atoms with Gasteiger partial charge in [-0.1, -0.05) is 6.07 Å². The number of aromatic nitrogens is 1. The van der Waals surface area contributed by atoms with Crippen molar-refractivity contribution in [3.8, 4) is 6.07 Å². The Labute approximate surface area is 172 Å². The Bertz CT molecular complexity index is 1070. The molecule has 29 heavy (non-hydrogen) atoms. The van der Waals surface area contributed by atoms with Gasteiger partial charge in [0.2, 0.25) is 0 Å². The molecule has 1 heterocycles. The van der Waals surface area contributed by atoms with Crippen molar-refractivity contribution in [1.29, 1.82) is 5.26 Å². The Morgan fingerprint density at radius 1 is 1.34 bits per heavy atom. The molecule has 0 radical (unpaired) electrons. The van der Waals surface area contributed by atoms with Gasteiger partial charge in [0.25, 0.3) is 5.56 Å². The van der Waals surface area contributed by atoms with E-state index in [9.17, 15) is 14.9 Å². The SMILES string of the molecule is CCOC(=O)/C(C#N)=c1\s/c(=C/Nc2cccc(NCCOC)c2)c(=O)n1CC. The number of nitrogens with zero attached hydrogens (tertiary/aromatic N) is 2. The number of esters is 1. The van der Waals surface area contributed by atoms with Crippen molar-refractivity contribution in [3.63, 3.8) is 0 Å². The van der Waals surface area contributed by atoms with Gasteiger partial charge in [-0.3, -0.25) is 9.36 Å². The van der Waals surface area contributed by atoms with Gasteiger partial charge in [-0.2, -0.15) is 5.26 Å². The predicted molar refractivity (Wildman–Crippen MR) is 114 cm³/mol. The molecule has 2 N–H and O–H groups in total. The largest absolute Gasteiger partial charge is 0.462 e. The molecule has 0 saturated heterocycles. The van der Waals surface area contributed by atoms with Crippen LogP contribution < -0.4 is 25.4 Å². The minimum atomic E-state index is -0.729. The number of nitriles is 1. The molecule has 0 aliphatic carbocycles. The topological polar surface area (TPSA) is 105 Å². The molecule has 0 fully saturated rings. The van der Waals surface area contributed by atoms with Gasteiger partial charge in [0.1, 0.15) is 15.3 Å². The molecular weight excluding hydrogens is 392 g/mol. The molecule has 1 aromatic carbocycles. The van der Waals surface area contributed by atoms with Crippen LogP contribution in [0.1, 0.15) is 13.8 Å². The summed E-state index contributed by atoms with van der Waals surface area (Å²) in [4.78, 5) is 24.7. The predicted octanol–water partition coefficient (Wildman–Crippen LogP) is 1.08. The number of benzene rings is 1. The van der Waals surface area contributed by atoms with Crippen molar-refractivity contribution < 1.29 is 14.3 Å². The lowest BCUT2D eigenvalue weighted by molar-refractivity contribution is -0.136. The first-order valence-corrected chi connectivity index (χ1v) is 9.98. The van der Waals surface area contributed by atoms with Gasteiger partial charge in [-0.05, 0) is 32.0 Å². The third-order valence-corrected chi connectivity index (χ3v) is 5.03. The number of nitrogens with one attached hydrogen (secondary N) is 2. The lowest BCUT2D eigenvalue weighted by Gasteiger charge is -2.07. The van der Waals surface area contributed by atoms with E-state index in [0.717, 1.165) is 22.7 Å². The molecule has 0 unspecified atom stereocenters. The number of hydrogen-bond acceptors (Lipinski definition) is 8. The first-order valence-electron chi connectivity index (χ1n) is 9.16. The second-order valence-corrected chi connectivity index (χ2v) is 6.85. The molecule has 8 nitrogen and oxygen atoms in total. The number of ether oxygens (including phenoxy) is 2. The molecular formula is C20H24N4O4S. The Balaban J connectivity index is 2.39. The zero-order chi connectivity index (χ0) is 21.2. The number of rotatable bonds is 9. The summed E-state index contributed by atoms with van der Waals surface area (Å²) >= 11 is 1.08. The maximum Gasteiger partial charge on any atom is 0.351 e. The van der Waals surface area contributed by atoms with Crippen molar-refractivity contribution in [2.24, 2.45) is 0 Å². The van der Waals surface area contributed by atoms with E-state index in [0.29, 0.717) is 28.9 Å². The van der Waals surface area contributed by atoms with E-state index in [4.69, 9.17) is 9.47 Å². The molecule has 154 valence electrons. The van der Waals surface area contributed by atoms with E-state index in [1.165, 1.54) is 4.57 Å². The van der Waals surface area contributed by atoms with Crippen LogP contribution in [-0.2, 0) is 20.8 Å². The minimum Gasteiger partial charge on any atom is -0.462 e. The number of carbonyl (C=O) groups is 1. The first kappa shape index (κ1) is 22.2. The second-order valence-electron chi connectivity index (χ2n) is 5.82. The first-order chi connectivity index (χ1) is 14.0. The van der Waals surface area contributed by atoms with Crippen LogP contribution >= 0.6 is 11.3 Å². The van der Waals surface area contributed by atoms with Crippen LogP contribution in [0.15, 0.2) is 29.1 Å². The summed E-state index contributed by atoms with van der Waals surface area (Å²) in [5, 5.41) is 15.7. The Kier molecular flexibility index (Phi) is 8.45. The van der Waals surface area contributed by atoms with Crippen molar-refractivity contribution in [3.05, 3.63) is 43.8 Å². The Hall–Kier alpha value is -3.09. The highest BCUT2D eigenvalue weighted by molar-refractivity contribution is 7.07. The average Bonchev–Trinajstić information content (AvgIpc) is 3.03. The van der Waals surface area contributed by atoms with Crippen molar-refractivity contribution in [2.75, 3.05) is 37.5 Å². The molecule has 0 atom stereocenters. The molecule has 9 heteroatoms. The van der Waals surface area contributed by atoms with E-state index < -0.39 is 5.97 Å². The number of anilines is 2. The summed E-state index contributed by atoms with van der Waals surface area (Å²) in [6.07, 6.45) is 1.58. The highest BCUT2D eigenvalue weighted by Crippen LogP contribution is 2.14. The lowest BCUT2D eigenvalue weighted by atomic mass is 10.3. The normalized spacial score (nSPS) is 12.3. The fourth-order valence-corrected chi connectivity index (χ4v) is 3.62. The molecule has 0 spiro atoms. The zero-order valence-electron chi connectivity index (χ0n) is 16.7. The van der Waals surface area contributed by atoms with Crippen molar-refractivity contribution >= 4 is 40.5 Å². The van der Waals surface area contributed by atoms with Crippen molar-refractivity contribution in [2.45, 2.75) is 20.4 Å². The van der Waals surface area contributed by atoms with Gasteiger partial charge >= 0.3 is 5.97 Å². The van der Waals surface area contributed by atoms with Gasteiger partial charge in [-0.25, -0.2) is 4.79 Å². The second kappa shape index (κ2) is 11.0. The standard InChI is InChI=1S/C20H24N4O4S/c1-4-24-18(25)17(29-19(24)16(12-21)20(26)28-5-2)13-23-15-8-6-7-14(11-15)22-9-10-27-3/h6-8,11,13,22-23H,4-5,9-10H2,1-3H3/b17-13+,19-16-. The summed E-state index contributed by atoms with van der Waals surface area (Å²) in [6, 6.07) is 9.46. The molecule has 1 aromatic heterocycles. The van der Waals surface area contributed by atoms with Gasteiger partial charge in [0.05, 0.1) is 13.2 Å². The molecule has 0 amide bonds. The Morgan fingerprint density at radius 2 is 2.10 bits per heavy atom. The van der Waals surface area contributed by atoms with E-state index in [2.05, 4.69) is 10.6 Å². The van der Waals surface area contributed by atoms with Crippen LogP contribution in [0.5, 0.6) is 0 Å². The van der Waals surface area contributed by atoms with Crippen LogP contribution in [0, 0.1) is 11.3 Å². The third kappa shape index (κ3) is 5.70. The molecule has 0 aliphatic rings. The van der Waals surface area contributed by atoms with E-state index in [-0.39, 0.29) is 17.7 Å². The average molecular weight is 417 g/mol. The minimum absolute atomic E-state index is 0.154. The van der Waals surface area contributed by atoms with Gasteiger partial charge in [0.15, 0.2) is 5.57 Å². The summed E-state index contributed by atoms with van der Waals surface area (Å²) < 4.78 is 12.0. The summed E-state index contributed by atoms with van der Waals surface area (Å²) in [5.41, 5.74) is 1.27. The van der Waals surface area contributed by atoms with Crippen LogP contribution in [0.3, 0.4) is 0 Å². The van der Waals surface area contributed by atoms with Crippen LogP contribution in [0.2, 0.25) is 0 Å². The van der Waals surface area contributed by atoms with E-state index in [1.807, 2.05) is 30.3 Å². The Morgan fingerprint density at radius 3 is 2.76 bits per heavy atom. The molecule has 0 bridgehead atoms. The third-order valence-electron chi connectivity index (χ3n) is 3.90. The van der Waals surface area contributed by atoms with Gasteiger partial charge in [-0.15, -0.1) is 11.3 Å².